The summed E-state index contributed by atoms with van der Waals surface area (Å²) in [6.07, 6.45) is 0.611. The lowest BCUT2D eigenvalue weighted by molar-refractivity contribution is -0.116. The van der Waals surface area contributed by atoms with Crippen LogP contribution in [0.4, 0.5) is 5.69 Å². The molecule has 0 unspecified atom stereocenters. The van der Waals surface area contributed by atoms with Gasteiger partial charge in [-0.1, -0.05) is 31.2 Å². The van der Waals surface area contributed by atoms with Crippen molar-refractivity contribution in [1.29, 1.82) is 0 Å². The second kappa shape index (κ2) is 8.39. The lowest BCUT2D eigenvalue weighted by atomic mass is 10.2. The molecule has 158 valence electrons. The molecule has 2 aromatic heterocycles. The number of rotatable bonds is 6. The molecule has 31 heavy (non-hydrogen) atoms. The molecular weight excluding hydrogens is 398 g/mol. The van der Waals surface area contributed by atoms with Gasteiger partial charge in [-0.3, -0.25) is 18.6 Å². The Morgan fingerprint density at radius 2 is 1.71 bits per heavy atom. The predicted octanol–water partition coefficient (Wildman–Crippen LogP) is 2.42. The summed E-state index contributed by atoms with van der Waals surface area (Å²) in [7, 11) is 0. The number of para-hydroxylation sites is 3. The number of hydrogen-bond donors (Lipinski definition) is 1. The van der Waals surface area contributed by atoms with Crippen LogP contribution in [0, 0.1) is 0 Å². The third-order valence-electron chi connectivity index (χ3n) is 4.89. The van der Waals surface area contributed by atoms with Gasteiger partial charge in [-0.25, -0.2) is 4.79 Å². The molecule has 9 heteroatoms. The van der Waals surface area contributed by atoms with Crippen molar-refractivity contribution in [1.82, 2.24) is 19.2 Å². The molecule has 0 aliphatic rings. The predicted molar refractivity (Wildman–Crippen MR) is 115 cm³/mol. The lowest BCUT2D eigenvalue weighted by Gasteiger charge is -2.14. The van der Waals surface area contributed by atoms with Crippen molar-refractivity contribution in [2.45, 2.75) is 26.8 Å². The fourth-order valence-corrected chi connectivity index (χ4v) is 3.52. The summed E-state index contributed by atoms with van der Waals surface area (Å²) in [5.74, 6) is -0.315. The minimum absolute atomic E-state index is 0.162. The first kappa shape index (κ1) is 20.3. The number of amides is 1. The van der Waals surface area contributed by atoms with E-state index in [0.29, 0.717) is 23.4 Å². The van der Waals surface area contributed by atoms with E-state index in [2.05, 4.69) is 15.5 Å². The molecule has 2 aromatic carbocycles. The van der Waals surface area contributed by atoms with Gasteiger partial charge in [0.1, 0.15) is 12.4 Å². The van der Waals surface area contributed by atoms with Crippen LogP contribution in [0.15, 0.2) is 53.3 Å². The topological polar surface area (TPSA) is 108 Å². The van der Waals surface area contributed by atoms with Gasteiger partial charge in [0, 0.05) is 6.42 Å². The van der Waals surface area contributed by atoms with E-state index < -0.39 is 17.4 Å². The molecule has 0 radical (unpaired) electrons. The molecule has 0 aliphatic carbocycles. The zero-order chi connectivity index (χ0) is 22.0. The Kier molecular flexibility index (Phi) is 5.48. The summed E-state index contributed by atoms with van der Waals surface area (Å²) in [4.78, 5) is 38.1. The third kappa shape index (κ3) is 3.65. The van der Waals surface area contributed by atoms with Crippen molar-refractivity contribution < 1.29 is 14.3 Å². The SMILES string of the molecule is CCOC(=O)c1ccccc1NC(=O)Cn1c(=O)c2nnc(CC)n2c2ccccc21. The summed E-state index contributed by atoms with van der Waals surface area (Å²) in [6, 6.07) is 13.9. The van der Waals surface area contributed by atoms with Gasteiger partial charge in [0.25, 0.3) is 5.56 Å². The maximum Gasteiger partial charge on any atom is 0.340 e. The normalized spacial score (nSPS) is 11.0. The Morgan fingerprint density at radius 1 is 1.00 bits per heavy atom. The maximum atomic E-state index is 13.1. The van der Waals surface area contributed by atoms with Gasteiger partial charge in [0.2, 0.25) is 11.6 Å². The molecular formula is C22H21N5O4. The van der Waals surface area contributed by atoms with Crippen molar-refractivity contribution >= 4 is 34.2 Å². The van der Waals surface area contributed by atoms with Gasteiger partial charge in [-0.2, -0.15) is 0 Å². The highest BCUT2D eigenvalue weighted by Crippen LogP contribution is 2.18. The zero-order valence-corrected chi connectivity index (χ0v) is 17.2. The first-order chi connectivity index (χ1) is 15.0. The van der Waals surface area contributed by atoms with Crippen LogP contribution < -0.4 is 10.9 Å². The van der Waals surface area contributed by atoms with Crippen LogP contribution >= 0.6 is 0 Å². The number of aromatic nitrogens is 4. The highest BCUT2D eigenvalue weighted by atomic mass is 16.5. The molecule has 4 aromatic rings. The summed E-state index contributed by atoms with van der Waals surface area (Å²) in [5.41, 5.74) is 1.63. The summed E-state index contributed by atoms with van der Waals surface area (Å²) >= 11 is 0. The molecule has 0 bridgehead atoms. The highest BCUT2D eigenvalue weighted by Gasteiger charge is 2.19. The van der Waals surface area contributed by atoms with Gasteiger partial charge in [-0.05, 0) is 31.2 Å². The van der Waals surface area contributed by atoms with E-state index in [1.54, 1.807) is 47.7 Å². The van der Waals surface area contributed by atoms with Gasteiger partial charge in [0.15, 0.2) is 0 Å². The standard InChI is InChI=1S/C22H21N5O4/c1-3-18-24-25-20-21(29)26(16-11-7-8-12-17(16)27(18)20)13-19(28)23-15-10-6-5-9-14(15)22(30)31-4-2/h5-12H,3-4,13H2,1-2H3,(H,23,28). The van der Waals surface area contributed by atoms with Crippen molar-refractivity contribution in [3.63, 3.8) is 0 Å². The number of nitrogens with one attached hydrogen (secondary N) is 1. The molecule has 9 nitrogen and oxygen atoms in total. The number of nitrogens with zero attached hydrogens (tertiary/aromatic N) is 4. The number of carbonyl (C=O) groups is 2. The molecule has 0 spiro atoms. The van der Waals surface area contributed by atoms with Crippen LogP contribution in [0.25, 0.3) is 16.7 Å². The minimum Gasteiger partial charge on any atom is -0.462 e. The molecule has 4 rings (SSSR count). The summed E-state index contributed by atoms with van der Waals surface area (Å²) < 4.78 is 8.13. The van der Waals surface area contributed by atoms with Gasteiger partial charge in [0.05, 0.1) is 28.9 Å². The Bertz CT molecular complexity index is 1360. The smallest absolute Gasteiger partial charge is 0.340 e. The zero-order valence-electron chi connectivity index (χ0n) is 17.2. The van der Waals surface area contributed by atoms with E-state index in [0.717, 1.165) is 5.52 Å². The minimum atomic E-state index is -0.530. The number of esters is 1. The van der Waals surface area contributed by atoms with E-state index >= 15 is 0 Å². The van der Waals surface area contributed by atoms with Crippen LogP contribution in [0.1, 0.15) is 30.0 Å². The van der Waals surface area contributed by atoms with Crippen LogP contribution in [0.2, 0.25) is 0 Å². The maximum absolute atomic E-state index is 13.1. The van der Waals surface area contributed by atoms with Crippen molar-refractivity contribution in [2.24, 2.45) is 0 Å². The molecule has 1 N–H and O–H groups in total. The van der Waals surface area contributed by atoms with Gasteiger partial charge >= 0.3 is 5.97 Å². The van der Waals surface area contributed by atoms with Crippen molar-refractivity contribution in [3.05, 3.63) is 70.3 Å². The Balaban J connectivity index is 1.73. The quantitative estimate of drug-likeness (QED) is 0.481. The first-order valence-electron chi connectivity index (χ1n) is 9.96. The number of fused-ring (bicyclic) bond motifs is 3. The number of anilines is 1. The average Bonchev–Trinajstić information content (AvgIpc) is 3.22. The van der Waals surface area contributed by atoms with Crippen LogP contribution in [0.5, 0.6) is 0 Å². The third-order valence-corrected chi connectivity index (χ3v) is 4.89. The van der Waals surface area contributed by atoms with E-state index in [4.69, 9.17) is 4.74 Å². The fraction of sp³-hybridized carbons (Fsp3) is 0.227. The van der Waals surface area contributed by atoms with Crippen molar-refractivity contribution in [2.75, 3.05) is 11.9 Å². The van der Waals surface area contributed by atoms with Gasteiger partial charge < -0.3 is 10.1 Å². The molecule has 1 amide bonds. The van der Waals surface area contributed by atoms with E-state index in [1.807, 2.05) is 19.1 Å². The van der Waals surface area contributed by atoms with Gasteiger partial charge in [-0.15, -0.1) is 10.2 Å². The number of hydrogen-bond acceptors (Lipinski definition) is 6. The molecule has 0 saturated carbocycles. The molecule has 0 atom stereocenters. The van der Waals surface area contributed by atoms with Crippen LogP contribution in [-0.4, -0.2) is 37.6 Å². The largest absolute Gasteiger partial charge is 0.462 e. The molecule has 2 heterocycles. The van der Waals surface area contributed by atoms with Crippen LogP contribution in [0.3, 0.4) is 0 Å². The number of benzene rings is 2. The molecule has 0 fully saturated rings. The second-order valence-corrected chi connectivity index (χ2v) is 6.82. The van der Waals surface area contributed by atoms with E-state index in [9.17, 15) is 14.4 Å². The Morgan fingerprint density at radius 3 is 2.45 bits per heavy atom. The van der Waals surface area contributed by atoms with E-state index in [-0.39, 0.29) is 24.4 Å². The fourth-order valence-electron chi connectivity index (χ4n) is 3.52. The van der Waals surface area contributed by atoms with Crippen LogP contribution in [-0.2, 0) is 22.5 Å². The summed E-state index contributed by atoms with van der Waals surface area (Å²) in [6.45, 7) is 3.62. The number of aryl methyl sites for hydroxylation is 1. The van der Waals surface area contributed by atoms with Crippen molar-refractivity contribution in [3.8, 4) is 0 Å². The first-order valence-corrected chi connectivity index (χ1v) is 9.96. The number of ether oxygens (including phenoxy) is 1. The molecule has 0 saturated heterocycles. The second-order valence-electron chi connectivity index (χ2n) is 6.82. The lowest BCUT2D eigenvalue weighted by Crippen LogP contribution is -2.30. The monoisotopic (exact) mass is 419 g/mol. The van der Waals surface area contributed by atoms with E-state index in [1.165, 1.54) is 4.57 Å². The summed E-state index contributed by atoms with van der Waals surface area (Å²) in [5, 5.41) is 10.9. The number of carbonyl (C=O) groups excluding carboxylic acids is 2. The average molecular weight is 419 g/mol. The molecule has 0 aliphatic heterocycles. The highest BCUT2D eigenvalue weighted by molar-refractivity contribution is 6.01. The Labute approximate surface area is 177 Å². The Hall–Kier alpha value is -4.01.